The van der Waals surface area contributed by atoms with Crippen LogP contribution in [0.15, 0.2) is 12.4 Å². The lowest BCUT2D eigenvalue weighted by Gasteiger charge is -2.32. The van der Waals surface area contributed by atoms with E-state index in [0.29, 0.717) is 12.0 Å². The molecule has 1 saturated heterocycles. The first kappa shape index (κ1) is 12.7. The van der Waals surface area contributed by atoms with Gasteiger partial charge < -0.3 is 10.2 Å². The van der Waals surface area contributed by atoms with Gasteiger partial charge in [-0.15, -0.1) is 0 Å². The molecule has 2 rings (SSSR count). The molecule has 1 aromatic rings. The molecule has 1 N–H and O–H groups in total. The van der Waals surface area contributed by atoms with E-state index < -0.39 is 4.92 Å². The number of nitro groups is 1. The number of piperidine rings is 1. The predicted molar refractivity (Wildman–Crippen MR) is 67.4 cm³/mol. The number of rotatable bonds is 4. The van der Waals surface area contributed by atoms with Gasteiger partial charge in [0, 0.05) is 12.6 Å². The van der Waals surface area contributed by atoms with Crippen LogP contribution >= 0.6 is 0 Å². The summed E-state index contributed by atoms with van der Waals surface area (Å²) in [5.41, 5.74) is -0.0839. The number of nitrogens with zero attached hydrogens (tertiary/aromatic N) is 4. The van der Waals surface area contributed by atoms with Crippen molar-refractivity contribution in [1.29, 1.82) is 0 Å². The quantitative estimate of drug-likeness (QED) is 0.641. The normalized spacial score (nSPS) is 20.6. The molecule has 0 amide bonds. The molecule has 0 aliphatic carbocycles. The van der Waals surface area contributed by atoms with Gasteiger partial charge in [-0.25, -0.2) is 9.97 Å². The Morgan fingerprint density at radius 2 is 2.28 bits per heavy atom. The summed E-state index contributed by atoms with van der Waals surface area (Å²) in [4.78, 5) is 20.3. The van der Waals surface area contributed by atoms with E-state index >= 15 is 0 Å². The molecule has 1 fully saturated rings. The molecule has 0 aromatic carbocycles. The Hall–Kier alpha value is -1.76. The lowest BCUT2D eigenvalue weighted by atomic mass is 10.1. The second-order valence-corrected chi connectivity index (χ2v) is 4.40. The van der Waals surface area contributed by atoms with E-state index in [-0.39, 0.29) is 5.69 Å². The Bertz CT molecular complexity index is 408. The van der Waals surface area contributed by atoms with Crippen molar-refractivity contribution in [2.45, 2.75) is 25.8 Å². The molecule has 98 valence electrons. The van der Waals surface area contributed by atoms with Crippen molar-refractivity contribution in [2.75, 3.05) is 25.0 Å². The standard InChI is InChI=1S/C11H17N5O2/c1-2-15-5-3-4-9(8-15)14-11-12-6-10(7-13-11)16(17)18/h6-7,9H,2-5,8H2,1H3,(H,12,13,14). The molecule has 0 radical (unpaired) electrons. The van der Waals surface area contributed by atoms with Gasteiger partial charge in [0.05, 0.1) is 4.92 Å². The highest BCUT2D eigenvalue weighted by atomic mass is 16.6. The first-order chi connectivity index (χ1) is 8.69. The maximum absolute atomic E-state index is 10.5. The smallest absolute Gasteiger partial charge is 0.305 e. The summed E-state index contributed by atoms with van der Waals surface area (Å²) < 4.78 is 0. The number of nitrogens with one attached hydrogen (secondary N) is 1. The fraction of sp³-hybridized carbons (Fsp3) is 0.636. The molecule has 1 aliphatic heterocycles. The first-order valence-corrected chi connectivity index (χ1v) is 6.14. The molecule has 18 heavy (non-hydrogen) atoms. The van der Waals surface area contributed by atoms with Gasteiger partial charge in [0.15, 0.2) is 0 Å². The number of anilines is 1. The third-order valence-corrected chi connectivity index (χ3v) is 3.13. The number of likely N-dealkylation sites (N-methyl/N-ethyl adjacent to an activating group) is 1. The fourth-order valence-electron chi connectivity index (χ4n) is 2.13. The third-order valence-electron chi connectivity index (χ3n) is 3.13. The van der Waals surface area contributed by atoms with Crippen LogP contribution in [-0.4, -0.2) is 45.5 Å². The lowest BCUT2D eigenvalue weighted by Crippen LogP contribution is -2.42. The Kier molecular flexibility index (Phi) is 4.03. The van der Waals surface area contributed by atoms with Crippen molar-refractivity contribution in [1.82, 2.24) is 14.9 Å². The molecular weight excluding hydrogens is 234 g/mol. The molecule has 0 spiro atoms. The van der Waals surface area contributed by atoms with Crippen LogP contribution < -0.4 is 5.32 Å². The molecule has 1 aromatic heterocycles. The van der Waals surface area contributed by atoms with E-state index in [2.05, 4.69) is 27.1 Å². The molecule has 1 unspecified atom stereocenters. The Morgan fingerprint density at radius 1 is 1.56 bits per heavy atom. The molecule has 1 atom stereocenters. The fourth-order valence-corrected chi connectivity index (χ4v) is 2.13. The van der Waals surface area contributed by atoms with Crippen LogP contribution in [0.2, 0.25) is 0 Å². The summed E-state index contributed by atoms with van der Waals surface area (Å²) >= 11 is 0. The summed E-state index contributed by atoms with van der Waals surface area (Å²) in [6.07, 6.45) is 4.70. The van der Waals surface area contributed by atoms with Gasteiger partial charge in [0.2, 0.25) is 5.95 Å². The van der Waals surface area contributed by atoms with E-state index in [1.54, 1.807) is 0 Å². The topological polar surface area (TPSA) is 84.2 Å². The van der Waals surface area contributed by atoms with Crippen molar-refractivity contribution >= 4 is 11.6 Å². The van der Waals surface area contributed by atoms with Gasteiger partial charge in [-0.2, -0.15) is 0 Å². The van der Waals surface area contributed by atoms with Crippen molar-refractivity contribution in [3.63, 3.8) is 0 Å². The van der Waals surface area contributed by atoms with Crippen LogP contribution in [0.4, 0.5) is 11.6 Å². The Labute approximate surface area is 105 Å². The zero-order chi connectivity index (χ0) is 13.0. The molecule has 0 bridgehead atoms. The Balaban J connectivity index is 1.94. The third kappa shape index (κ3) is 3.13. The zero-order valence-electron chi connectivity index (χ0n) is 10.4. The van der Waals surface area contributed by atoms with Crippen molar-refractivity contribution in [3.8, 4) is 0 Å². The maximum atomic E-state index is 10.5. The summed E-state index contributed by atoms with van der Waals surface area (Å²) in [5, 5.41) is 13.7. The van der Waals surface area contributed by atoms with Crippen LogP contribution in [-0.2, 0) is 0 Å². The molecule has 7 nitrogen and oxygen atoms in total. The average molecular weight is 251 g/mol. The van der Waals surface area contributed by atoms with E-state index in [9.17, 15) is 10.1 Å². The summed E-state index contributed by atoms with van der Waals surface area (Å²) in [5.74, 6) is 0.462. The van der Waals surface area contributed by atoms with Gasteiger partial charge in [-0.1, -0.05) is 6.92 Å². The molecular formula is C11H17N5O2. The minimum Gasteiger partial charge on any atom is -0.350 e. The van der Waals surface area contributed by atoms with Crippen LogP contribution in [0.1, 0.15) is 19.8 Å². The average Bonchev–Trinajstić information content (AvgIpc) is 2.39. The van der Waals surface area contributed by atoms with E-state index in [4.69, 9.17) is 0 Å². The van der Waals surface area contributed by atoms with E-state index in [1.807, 2.05) is 0 Å². The SMILES string of the molecule is CCN1CCCC(Nc2ncc([N+](=O)[O-])cn2)C1. The largest absolute Gasteiger partial charge is 0.350 e. The van der Waals surface area contributed by atoms with Gasteiger partial charge in [-0.05, 0) is 25.9 Å². The lowest BCUT2D eigenvalue weighted by molar-refractivity contribution is -0.385. The predicted octanol–water partition coefficient (Wildman–Crippen LogP) is 1.28. The highest BCUT2D eigenvalue weighted by Gasteiger charge is 2.19. The van der Waals surface area contributed by atoms with E-state index in [0.717, 1.165) is 32.5 Å². The number of likely N-dealkylation sites (tertiary alicyclic amines) is 1. The Morgan fingerprint density at radius 3 is 2.89 bits per heavy atom. The highest BCUT2D eigenvalue weighted by molar-refractivity contribution is 5.31. The minimum absolute atomic E-state index is 0.0839. The van der Waals surface area contributed by atoms with Gasteiger partial charge in [0.25, 0.3) is 0 Å². The summed E-state index contributed by atoms with van der Waals surface area (Å²) in [6.45, 7) is 5.29. The molecule has 2 heterocycles. The minimum atomic E-state index is -0.497. The van der Waals surface area contributed by atoms with Crippen LogP contribution in [0.5, 0.6) is 0 Å². The van der Waals surface area contributed by atoms with Crippen molar-refractivity contribution < 1.29 is 4.92 Å². The monoisotopic (exact) mass is 251 g/mol. The van der Waals surface area contributed by atoms with Gasteiger partial charge >= 0.3 is 5.69 Å². The van der Waals surface area contributed by atoms with Crippen LogP contribution in [0.25, 0.3) is 0 Å². The maximum Gasteiger partial charge on any atom is 0.305 e. The second kappa shape index (κ2) is 5.72. The molecule has 7 heteroatoms. The molecule has 1 aliphatic rings. The number of hydrogen-bond donors (Lipinski definition) is 1. The van der Waals surface area contributed by atoms with Gasteiger partial charge in [-0.3, -0.25) is 10.1 Å². The van der Waals surface area contributed by atoms with Crippen molar-refractivity contribution in [2.24, 2.45) is 0 Å². The van der Waals surface area contributed by atoms with Crippen LogP contribution in [0.3, 0.4) is 0 Å². The van der Waals surface area contributed by atoms with E-state index in [1.165, 1.54) is 12.4 Å². The van der Waals surface area contributed by atoms with Gasteiger partial charge in [0.1, 0.15) is 12.4 Å². The zero-order valence-corrected chi connectivity index (χ0v) is 10.4. The van der Waals surface area contributed by atoms with Crippen LogP contribution in [0, 0.1) is 10.1 Å². The number of hydrogen-bond acceptors (Lipinski definition) is 6. The van der Waals surface area contributed by atoms with Crippen molar-refractivity contribution in [3.05, 3.63) is 22.5 Å². The second-order valence-electron chi connectivity index (χ2n) is 4.40. The first-order valence-electron chi connectivity index (χ1n) is 6.14. The summed E-state index contributed by atoms with van der Waals surface area (Å²) in [7, 11) is 0. The summed E-state index contributed by atoms with van der Waals surface area (Å²) in [6, 6.07) is 0.320. The molecule has 0 saturated carbocycles. The highest BCUT2D eigenvalue weighted by Crippen LogP contribution is 2.14. The number of aromatic nitrogens is 2.